The van der Waals surface area contributed by atoms with Gasteiger partial charge in [-0.25, -0.2) is 0 Å². The Balaban J connectivity index is 1.68. The monoisotopic (exact) mass is 288 g/mol. The number of carbonyl (C=O) groups is 1. The molecule has 3 heteroatoms. The number of esters is 1. The fourth-order valence-electron chi connectivity index (χ4n) is 6.04. The quantitative estimate of drug-likeness (QED) is 0.410. The third kappa shape index (κ3) is 0.273. The van der Waals surface area contributed by atoms with Gasteiger partial charge in [0.15, 0.2) is 0 Å². The Labute approximate surface area is 89.5 Å². The molecule has 6 rings (SSSR count). The molecule has 0 N–H and O–H groups in total. The number of hydrogen-bond donors (Lipinski definition) is 0. The highest BCUT2D eigenvalue weighted by molar-refractivity contribution is 14.1. The lowest BCUT2D eigenvalue weighted by Crippen LogP contribution is -3.12. The van der Waals surface area contributed by atoms with E-state index in [0.29, 0.717) is 3.42 Å². The van der Waals surface area contributed by atoms with Crippen LogP contribution in [0.3, 0.4) is 0 Å². The second-order valence-corrected chi connectivity index (χ2v) is 7.28. The molecule has 4 atom stereocenters. The first-order chi connectivity index (χ1) is 6.21. The van der Waals surface area contributed by atoms with Crippen LogP contribution in [0.25, 0.3) is 0 Å². The fourth-order valence-corrected chi connectivity index (χ4v) is 8.73. The molecule has 0 saturated heterocycles. The van der Waals surface area contributed by atoms with Crippen LogP contribution in [0.15, 0.2) is 0 Å². The van der Waals surface area contributed by atoms with Crippen molar-refractivity contribution >= 4 is 28.6 Å². The maximum absolute atomic E-state index is 11.7. The molecule has 13 heavy (non-hydrogen) atoms. The summed E-state index contributed by atoms with van der Waals surface area (Å²) < 4.78 is 5.54. The molecule has 0 bridgehead atoms. The van der Waals surface area contributed by atoms with Gasteiger partial charge >= 0.3 is 5.97 Å². The van der Waals surface area contributed by atoms with Gasteiger partial charge in [0.25, 0.3) is 0 Å². The van der Waals surface area contributed by atoms with Gasteiger partial charge in [0.2, 0.25) is 0 Å². The van der Waals surface area contributed by atoms with E-state index < -0.39 is 0 Å². The van der Waals surface area contributed by atoms with E-state index in [0.717, 1.165) is 35.5 Å². The van der Waals surface area contributed by atoms with Gasteiger partial charge in [0, 0.05) is 3.42 Å². The molecule has 0 amide bonds. The first kappa shape index (κ1) is 6.64. The zero-order chi connectivity index (χ0) is 8.75. The highest BCUT2D eigenvalue weighted by Gasteiger charge is 3.11. The van der Waals surface area contributed by atoms with Gasteiger partial charge in [0.05, 0.1) is 12.5 Å². The van der Waals surface area contributed by atoms with Crippen LogP contribution in [0, 0.1) is 40.9 Å². The maximum Gasteiger partial charge on any atom is 0.312 e. The van der Waals surface area contributed by atoms with Crippen LogP contribution in [0.5, 0.6) is 0 Å². The number of alkyl halides is 1. The summed E-state index contributed by atoms with van der Waals surface area (Å²) in [5, 5.41) is 0. The van der Waals surface area contributed by atoms with Gasteiger partial charge in [-0.2, -0.15) is 0 Å². The summed E-state index contributed by atoms with van der Waals surface area (Å²) >= 11 is 2.63. The second-order valence-electron chi connectivity index (χ2n) is 5.41. The standard InChI is InChI=1S/C10H9IO2/c1-13-8(12)9-4-2-5-3(4)7(9)10(5,11)6(2)9/h2-7H,1H3. The Morgan fingerprint density at radius 3 is 2.38 bits per heavy atom. The summed E-state index contributed by atoms with van der Waals surface area (Å²) in [4.78, 5) is 11.7. The third-order valence-electron chi connectivity index (χ3n) is 6.01. The largest absolute Gasteiger partial charge is 0.469 e. The molecule has 4 unspecified atom stereocenters. The fraction of sp³-hybridized carbons (Fsp3) is 0.900. The number of methoxy groups -OCH3 is 1. The van der Waals surface area contributed by atoms with Crippen molar-refractivity contribution in [2.24, 2.45) is 40.9 Å². The van der Waals surface area contributed by atoms with E-state index in [1.54, 1.807) is 7.11 Å². The molecule has 6 aliphatic rings. The lowest BCUT2D eigenvalue weighted by atomic mass is 8.96. The smallest absolute Gasteiger partial charge is 0.312 e. The molecular weight excluding hydrogens is 279 g/mol. The topological polar surface area (TPSA) is 26.3 Å². The minimum Gasteiger partial charge on any atom is -0.469 e. The number of halogens is 1. The Kier molecular flexibility index (Phi) is 0.668. The van der Waals surface area contributed by atoms with Crippen molar-refractivity contribution in [1.29, 1.82) is 0 Å². The lowest BCUT2D eigenvalue weighted by Gasteiger charge is -3.09. The van der Waals surface area contributed by atoms with E-state index >= 15 is 0 Å². The third-order valence-corrected chi connectivity index (χ3v) is 8.07. The van der Waals surface area contributed by atoms with Gasteiger partial charge in [-0.15, -0.1) is 0 Å². The van der Waals surface area contributed by atoms with Crippen LogP contribution in [0.2, 0.25) is 0 Å². The Bertz CT molecular complexity index is 370. The van der Waals surface area contributed by atoms with E-state index in [-0.39, 0.29) is 11.4 Å². The molecule has 68 valence electrons. The summed E-state index contributed by atoms with van der Waals surface area (Å²) in [5.74, 6) is 5.29. The van der Waals surface area contributed by atoms with Crippen molar-refractivity contribution < 1.29 is 9.53 Å². The number of ether oxygens (including phenoxy) is 1. The minimum absolute atomic E-state index is 0.0695. The molecule has 2 nitrogen and oxygen atoms in total. The molecular formula is C10H9IO2. The van der Waals surface area contributed by atoms with Gasteiger partial charge < -0.3 is 4.74 Å². The van der Waals surface area contributed by atoms with E-state index in [1.165, 1.54) is 0 Å². The van der Waals surface area contributed by atoms with E-state index in [2.05, 4.69) is 22.6 Å². The highest BCUT2D eigenvalue weighted by atomic mass is 127. The first-order valence-electron chi connectivity index (χ1n) is 4.99. The Morgan fingerprint density at radius 2 is 1.92 bits per heavy atom. The van der Waals surface area contributed by atoms with Crippen molar-refractivity contribution in [1.82, 2.24) is 0 Å². The molecule has 0 aliphatic heterocycles. The van der Waals surface area contributed by atoms with Crippen LogP contribution < -0.4 is 0 Å². The van der Waals surface area contributed by atoms with E-state index in [4.69, 9.17) is 4.74 Å². The minimum atomic E-state index is 0.0695. The lowest BCUT2D eigenvalue weighted by molar-refractivity contribution is -0.573. The first-order valence-corrected chi connectivity index (χ1v) is 6.07. The number of rotatable bonds is 1. The molecule has 0 heterocycles. The van der Waals surface area contributed by atoms with Gasteiger partial charge in [0.1, 0.15) is 0 Å². The van der Waals surface area contributed by atoms with Gasteiger partial charge in [-0.1, -0.05) is 22.6 Å². The summed E-state index contributed by atoms with van der Waals surface area (Å²) in [7, 11) is 1.55. The van der Waals surface area contributed by atoms with Crippen LogP contribution in [0.1, 0.15) is 0 Å². The SMILES string of the molecule is COC(=O)C12C3C4C5C3C1C5(I)C42. The van der Waals surface area contributed by atoms with Crippen molar-refractivity contribution in [3.63, 3.8) is 0 Å². The predicted octanol–water partition coefficient (Wildman–Crippen LogP) is 1.08. The van der Waals surface area contributed by atoms with Crippen molar-refractivity contribution in [2.45, 2.75) is 3.42 Å². The average molecular weight is 288 g/mol. The van der Waals surface area contributed by atoms with E-state index in [1.807, 2.05) is 0 Å². The normalized spacial score (nSPS) is 82.0. The van der Waals surface area contributed by atoms with Crippen LogP contribution in [0.4, 0.5) is 0 Å². The Morgan fingerprint density at radius 1 is 1.31 bits per heavy atom. The molecule has 6 aliphatic carbocycles. The van der Waals surface area contributed by atoms with Crippen molar-refractivity contribution in [2.75, 3.05) is 7.11 Å². The van der Waals surface area contributed by atoms with E-state index in [9.17, 15) is 4.79 Å². The second kappa shape index (κ2) is 1.31. The zero-order valence-electron chi connectivity index (χ0n) is 7.16. The molecule has 0 radical (unpaired) electrons. The Hall–Kier alpha value is 0.200. The molecule has 6 saturated carbocycles. The highest BCUT2D eigenvalue weighted by Crippen LogP contribution is 3.09. The van der Waals surface area contributed by atoms with Gasteiger partial charge in [-0.05, 0) is 35.5 Å². The summed E-state index contributed by atoms with van der Waals surface area (Å²) in [6.07, 6.45) is 0. The van der Waals surface area contributed by atoms with Crippen molar-refractivity contribution in [3.05, 3.63) is 0 Å². The summed E-state index contributed by atoms with van der Waals surface area (Å²) in [6, 6.07) is 0. The molecule has 0 aromatic rings. The maximum atomic E-state index is 11.7. The van der Waals surface area contributed by atoms with Crippen LogP contribution >= 0.6 is 22.6 Å². The molecule has 0 aromatic heterocycles. The number of carbonyl (C=O) groups excluding carboxylic acids is 1. The van der Waals surface area contributed by atoms with Gasteiger partial charge in [-0.3, -0.25) is 4.79 Å². The summed E-state index contributed by atoms with van der Waals surface area (Å²) in [6.45, 7) is 0. The zero-order valence-corrected chi connectivity index (χ0v) is 9.32. The van der Waals surface area contributed by atoms with Crippen LogP contribution in [-0.2, 0) is 9.53 Å². The van der Waals surface area contributed by atoms with Crippen LogP contribution in [-0.4, -0.2) is 16.5 Å². The predicted molar refractivity (Wildman–Crippen MR) is 52.1 cm³/mol. The molecule has 6 fully saturated rings. The molecule has 0 aromatic carbocycles. The average Bonchev–Trinajstić information content (AvgIpc) is 2.15. The molecule has 0 spiro atoms. The summed E-state index contributed by atoms with van der Waals surface area (Å²) in [5.41, 5.74) is 0.0695. The number of hydrogen-bond acceptors (Lipinski definition) is 2. The van der Waals surface area contributed by atoms with Crippen molar-refractivity contribution in [3.8, 4) is 0 Å².